The number of anilines is 1. The van der Waals surface area contributed by atoms with Crippen molar-refractivity contribution < 1.29 is 5.11 Å². The van der Waals surface area contributed by atoms with Gasteiger partial charge in [-0.25, -0.2) is 4.98 Å². The lowest BCUT2D eigenvalue weighted by atomic mass is 10.3. The minimum absolute atomic E-state index is 0.0479. The SMILES string of the molecule is C=CCN(CCO)c1cccc(C#N)n1. The molecule has 0 radical (unpaired) electrons. The fourth-order valence-corrected chi connectivity index (χ4v) is 1.24. The maximum atomic E-state index is 8.88. The molecule has 0 atom stereocenters. The molecule has 15 heavy (non-hydrogen) atoms. The Morgan fingerprint density at radius 1 is 1.60 bits per heavy atom. The summed E-state index contributed by atoms with van der Waals surface area (Å²) in [5.74, 6) is 0.683. The summed E-state index contributed by atoms with van der Waals surface area (Å²) in [4.78, 5) is 5.99. The number of aromatic nitrogens is 1. The summed E-state index contributed by atoms with van der Waals surface area (Å²) in [6.07, 6.45) is 1.73. The second-order valence-corrected chi connectivity index (χ2v) is 2.95. The number of aliphatic hydroxyl groups excluding tert-OH is 1. The van der Waals surface area contributed by atoms with Crippen LogP contribution in [0.15, 0.2) is 30.9 Å². The average Bonchev–Trinajstić information content (AvgIpc) is 2.29. The van der Waals surface area contributed by atoms with E-state index in [2.05, 4.69) is 11.6 Å². The fraction of sp³-hybridized carbons (Fsp3) is 0.273. The molecule has 1 N–H and O–H groups in total. The Morgan fingerprint density at radius 3 is 3.00 bits per heavy atom. The predicted molar refractivity (Wildman–Crippen MR) is 58.4 cm³/mol. The lowest BCUT2D eigenvalue weighted by Crippen LogP contribution is -2.27. The van der Waals surface area contributed by atoms with E-state index in [1.807, 2.05) is 11.0 Å². The van der Waals surface area contributed by atoms with Gasteiger partial charge < -0.3 is 10.0 Å². The number of hydrogen-bond donors (Lipinski definition) is 1. The van der Waals surface area contributed by atoms with Crippen molar-refractivity contribution in [2.24, 2.45) is 0 Å². The van der Waals surface area contributed by atoms with E-state index < -0.39 is 0 Å². The topological polar surface area (TPSA) is 60.1 Å². The van der Waals surface area contributed by atoms with Crippen LogP contribution in [-0.4, -0.2) is 29.8 Å². The molecule has 1 rings (SSSR count). The van der Waals surface area contributed by atoms with Gasteiger partial charge in [0.1, 0.15) is 17.6 Å². The summed E-state index contributed by atoms with van der Waals surface area (Å²) in [7, 11) is 0. The molecular weight excluding hydrogens is 190 g/mol. The van der Waals surface area contributed by atoms with Crippen LogP contribution in [0.1, 0.15) is 5.69 Å². The summed E-state index contributed by atoms with van der Waals surface area (Å²) in [5.41, 5.74) is 0.375. The highest BCUT2D eigenvalue weighted by molar-refractivity contribution is 5.42. The van der Waals surface area contributed by atoms with Crippen LogP contribution >= 0.6 is 0 Å². The first-order valence-electron chi connectivity index (χ1n) is 4.65. The number of nitriles is 1. The molecule has 0 aliphatic rings. The fourth-order valence-electron chi connectivity index (χ4n) is 1.24. The molecule has 0 fully saturated rings. The van der Waals surface area contributed by atoms with Crippen LogP contribution in [0, 0.1) is 11.3 Å². The summed E-state index contributed by atoms with van der Waals surface area (Å²) in [5, 5.41) is 17.6. The van der Waals surface area contributed by atoms with Crippen molar-refractivity contribution in [3.8, 4) is 6.07 Å². The molecule has 0 spiro atoms. The number of aliphatic hydroxyl groups is 1. The van der Waals surface area contributed by atoms with Gasteiger partial charge in [-0.2, -0.15) is 5.26 Å². The number of nitrogens with zero attached hydrogens (tertiary/aromatic N) is 3. The van der Waals surface area contributed by atoms with Crippen LogP contribution in [0.3, 0.4) is 0 Å². The highest BCUT2D eigenvalue weighted by Gasteiger charge is 2.05. The van der Waals surface area contributed by atoms with Gasteiger partial charge in [0.15, 0.2) is 0 Å². The van der Waals surface area contributed by atoms with E-state index >= 15 is 0 Å². The minimum atomic E-state index is 0.0479. The second kappa shape index (κ2) is 5.78. The van der Waals surface area contributed by atoms with Crippen molar-refractivity contribution in [2.45, 2.75) is 0 Å². The Hall–Kier alpha value is -1.86. The van der Waals surface area contributed by atoms with Gasteiger partial charge in [0.05, 0.1) is 6.61 Å². The quantitative estimate of drug-likeness (QED) is 0.723. The normalized spacial score (nSPS) is 9.33. The van der Waals surface area contributed by atoms with E-state index in [0.717, 1.165) is 0 Å². The van der Waals surface area contributed by atoms with Crippen LogP contribution in [0.25, 0.3) is 0 Å². The summed E-state index contributed by atoms with van der Waals surface area (Å²) < 4.78 is 0. The second-order valence-electron chi connectivity index (χ2n) is 2.95. The summed E-state index contributed by atoms with van der Waals surface area (Å²) in [6.45, 7) is 4.76. The van der Waals surface area contributed by atoms with Gasteiger partial charge in [0.25, 0.3) is 0 Å². The molecule has 0 aliphatic heterocycles. The van der Waals surface area contributed by atoms with Crippen molar-refractivity contribution in [2.75, 3.05) is 24.6 Å². The van der Waals surface area contributed by atoms with Gasteiger partial charge in [-0.1, -0.05) is 12.1 Å². The van der Waals surface area contributed by atoms with Crippen molar-refractivity contribution >= 4 is 5.82 Å². The molecule has 0 saturated heterocycles. The van der Waals surface area contributed by atoms with Gasteiger partial charge in [0.2, 0.25) is 0 Å². The molecule has 4 heteroatoms. The molecule has 0 unspecified atom stereocenters. The molecule has 0 aliphatic carbocycles. The monoisotopic (exact) mass is 203 g/mol. The highest BCUT2D eigenvalue weighted by Crippen LogP contribution is 2.10. The number of rotatable bonds is 5. The zero-order chi connectivity index (χ0) is 11.1. The Labute approximate surface area is 89.1 Å². The van der Waals surface area contributed by atoms with Gasteiger partial charge >= 0.3 is 0 Å². The van der Waals surface area contributed by atoms with Gasteiger partial charge in [-0.15, -0.1) is 6.58 Å². The zero-order valence-corrected chi connectivity index (χ0v) is 8.43. The van der Waals surface area contributed by atoms with Crippen molar-refractivity contribution in [3.05, 3.63) is 36.5 Å². The van der Waals surface area contributed by atoms with Crippen LogP contribution in [-0.2, 0) is 0 Å². The minimum Gasteiger partial charge on any atom is -0.395 e. The van der Waals surface area contributed by atoms with E-state index in [-0.39, 0.29) is 6.61 Å². The smallest absolute Gasteiger partial charge is 0.142 e. The van der Waals surface area contributed by atoms with Gasteiger partial charge in [0, 0.05) is 13.1 Å². The lowest BCUT2D eigenvalue weighted by molar-refractivity contribution is 0.302. The molecule has 0 aromatic carbocycles. The third-order valence-electron chi connectivity index (χ3n) is 1.89. The van der Waals surface area contributed by atoms with Crippen molar-refractivity contribution in [1.29, 1.82) is 5.26 Å². The standard InChI is InChI=1S/C11H13N3O/c1-2-6-14(7-8-15)11-5-3-4-10(9-12)13-11/h2-5,15H,1,6-8H2. The molecular formula is C11H13N3O. The first-order chi connectivity index (χ1) is 7.31. The van der Waals surface area contributed by atoms with E-state index in [4.69, 9.17) is 10.4 Å². The number of hydrogen-bond acceptors (Lipinski definition) is 4. The zero-order valence-electron chi connectivity index (χ0n) is 8.43. The van der Waals surface area contributed by atoms with Crippen LogP contribution in [0.2, 0.25) is 0 Å². The van der Waals surface area contributed by atoms with Crippen LogP contribution in [0.5, 0.6) is 0 Å². The number of pyridine rings is 1. The first-order valence-corrected chi connectivity index (χ1v) is 4.65. The average molecular weight is 203 g/mol. The van der Waals surface area contributed by atoms with Crippen LogP contribution < -0.4 is 4.90 Å². The van der Waals surface area contributed by atoms with E-state index in [1.54, 1.807) is 24.3 Å². The molecule has 0 bridgehead atoms. The summed E-state index contributed by atoms with van der Waals surface area (Å²) >= 11 is 0. The molecule has 0 saturated carbocycles. The van der Waals surface area contributed by atoms with E-state index in [0.29, 0.717) is 24.6 Å². The van der Waals surface area contributed by atoms with Crippen molar-refractivity contribution in [3.63, 3.8) is 0 Å². The Kier molecular flexibility index (Phi) is 4.32. The molecule has 0 amide bonds. The maximum absolute atomic E-state index is 8.88. The third-order valence-corrected chi connectivity index (χ3v) is 1.89. The van der Waals surface area contributed by atoms with Gasteiger partial charge in [-0.3, -0.25) is 0 Å². The Bertz CT molecular complexity index is 370. The Balaban J connectivity index is 2.89. The van der Waals surface area contributed by atoms with Crippen molar-refractivity contribution in [1.82, 2.24) is 4.98 Å². The summed E-state index contributed by atoms with van der Waals surface area (Å²) in [6, 6.07) is 7.21. The predicted octanol–water partition coefficient (Wildman–Crippen LogP) is 0.938. The molecule has 4 nitrogen and oxygen atoms in total. The maximum Gasteiger partial charge on any atom is 0.142 e. The first kappa shape index (κ1) is 11.2. The molecule has 78 valence electrons. The third kappa shape index (κ3) is 3.08. The van der Waals surface area contributed by atoms with E-state index in [9.17, 15) is 0 Å². The lowest BCUT2D eigenvalue weighted by Gasteiger charge is -2.20. The molecule has 1 aromatic heterocycles. The Morgan fingerprint density at radius 2 is 2.40 bits per heavy atom. The van der Waals surface area contributed by atoms with Crippen LogP contribution in [0.4, 0.5) is 5.82 Å². The van der Waals surface area contributed by atoms with Gasteiger partial charge in [-0.05, 0) is 12.1 Å². The molecule has 1 heterocycles. The highest BCUT2D eigenvalue weighted by atomic mass is 16.3. The van der Waals surface area contributed by atoms with E-state index in [1.165, 1.54) is 0 Å². The largest absolute Gasteiger partial charge is 0.395 e. The molecule has 1 aromatic rings.